The van der Waals surface area contributed by atoms with Gasteiger partial charge in [0.05, 0.1) is 4.90 Å². The average Bonchev–Trinajstić information content (AvgIpc) is 2.98. The highest BCUT2D eigenvalue weighted by molar-refractivity contribution is 7.89. The van der Waals surface area contributed by atoms with E-state index in [0.717, 1.165) is 5.39 Å². The Kier molecular flexibility index (Phi) is 6.13. The Morgan fingerprint density at radius 2 is 1.87 bits per heavy atom. The molecule has 1 fully saturated rings. The topological polar surface area (TPSA) is 104 Å². The van der Waals surface area contributed by atoms with Crippen LogP contribution in [0.2, 0.25) is 5.02 Å². The molecular weight excluding hydrogens is 428 g/mol. The molecule has 0 aromatic heterocycles. The van der Waals surface area contributed by atoms with E-state index in [9.17, 15) is 23.1 Å². The number of carbonyl (C=O) groups excluding carboxylic acids is 1. The predicted molar refractivity (Wildman–Crippen MR) is 115 cm³/mol. The van der Waals surface area contributed by atoms with E-state index in [4.69, 9.17) is 11.6 Å². The van der Waals surface area contributed by atoms with Crippen molar-refractivity contribution in [3.05, 3.63) is 41.4 Å². The molecule has 2 atom stereocenters. The van der Waals surface area contributed by atoms with Crippen LogP contribution in [-0.2, 0) is 19.6 Å². The van der Waals surface area contributed by atoms with E-state index >= 15 is 0 Å². The van der Waals surface area contributed by atoms with Crippen molar-refractivity contribution in [1.82, 2.24) is 9.62 Å². The zero-order valence-electron chi connectivity index (χ0n) is 17.1. The lowest BCUT2D eigenvalue weighted by molar-refractivity contribution is -0.149. The van der Waals surface area contributed by atoms with Crippen LogP contribution in [0.5, 0.6) is 0 Å². The minimum atomic E-state index is -3.96. The molecule has 9 heteroatoms. The van der Waals surface area contributed by atoms with Gasteiger partial charge in [-0.2, -0.15) is 4.72 Å². The molecular formula is C21H25ClN2O5S. The van der Waals surface area contributed by atoms with Crippen molar-refractivity contribution in [2.24, 2.45) is 5.41 Å². The van der Waals surface area contributed by atoms with Gasteiger partial charge >= 0.3 is 5.97 Å². The van der Waals surface area contributed by atoms with Crippen molar-refractivity contribution in [3.63, 3.8) is 0 Å². The van der Waals surface area contributed by atoms with Gasteiger partial charge in [0.1, 0.15) is 12.1 Å². The number of carboxylic acid groups (broad SMARTS) is 1. The summed E-state index contributed by atoms with van der Waals surface area (Å²) in [7, 11) is -3.96. The summed E-state index contributed by atoms with van der Waals surface area (Å²) in [6.07, 6.45) is 0.496. The Bertz CT molecular complexity index is 1090. The third-order valence-corrected chi connectivity index (χ3v) is 6.79. The summed E-state index contributed by atoms with van der Waals surface area (Å²) in [6, 6.07) is 7.79. The molecule has 1 aliphatic heterocycles. The summed E-state index contributed by atoms with van der Waals surface area (Å²) in [5, 5.41) is 11.6. The van der Waals surface area contributed by atoms with Gasteiger partial charge in [-0.15, -0.1) is 0 Å². The van der Waals surface area contributed by atoms with Crippen LogP contribution in [0.4, 0.5) is 0 Å². The first-order chi connectivity index (χ1) is 13.9. The first-order valence-corrected chi connectivity index (χ1v) is 11.5. The highest BCUT2D eigenvalue weighted by Crippen LogP contribution is 2.28. The standard InChI is InChI=1S/C21H25ClN2O5S/c1-21(2,3)12-18(20(26)27)24-9-8-17(19(24)25)23-30(28,29)16-7-5-13-10-15(22)6-4-14(13)11-16/h4-7,10-11,17-18,23H,8-9,12H2,1-3H3,(H,26,27)/t17?,18-/m1/s1. The van der Waals surface area contributed by atoms with Crippen molar-refractivity contribution in [1.29, 1.82) is 0 Å². The van der Waals surface area contributed by atoms with E-state index < -0.39 is 34.0 Å². The SMILES string of the molecule is CC(C)(C)C[C@H](C(=O)O)N1CCC(NS(=O)(=O)c2ccc3cc(Cl)ccc3c2)C1=O. The van der Waals surface area contributed by atoms with Gasteiger partial charge < -0.3 is 10.0 Å². The summed E-state index contributed by atoms with van der Waals surface area (Å²) in [5.74, 6) is -1.60. The lowest BCUT2D eigenvalue weighted by Crippen LogP contribution is -2.48. The first kappa shape index (κ1) is 22.5. The van der Waals surface area contributed by atoms with Gasteiger partial charge in [-0.3, -0.25) is 4.79 Å². The average molecular weight is 453 g/mol. The van der Waals surface area contributed by atoms with Crippen molar-refractivity contribution in [3.8, 4) is 0 Å². The van der Waals surface area contributed by atoms with Crippen molar-refractivity contribution >= 4 is 44.3 Å². The summed E-state index contributed by atoms with van der Waals surface area (Å²) in [5.41, 5.74) is -0.297. The number of sulfonamides is 1. The molecule has 0 saturated carbocycles. The minimum absolute atomic E-state index is 0.0352. The number of carbonyl (C=O) groups is 2. The maximum absolute atomic E-state index is 12.9. The zero-order chi connectivity index (χ0) is 22.3. The fourth-order valence-electron chi connectivity index (χ4n) is 3.65. The molecule has 162 valence electrons. The number of carboxylic acids is 1. The lowest BCUT2D eigenvalue weighted by atomic mass is 9.87. The smallest absolute Gasteiger partial charge is 0.326 e. The van der Waals surface area contributed by atoms with Crippen LogP contribution in [0.15, 0.2) is 41.3 Å². The van der Waals surface area contributed by atoms with Crippen molar-refractivity contribution in [2.75, 3.05) is 6.54 Å². The van der Waals surface area contributed by atoms with E-state index in [0.29, 0.717) is 10.4 Å². The molecule has 1 amide bonds. The molecule has 1 unspecified atom stereocenters. The Balaban J connectivity index is 1.80. The number of nitrogens with zero attached hydrogens (tertiary/aromatic N) is 1. The molecule has 0 bridgehead atoms. The third-order valence-electron chi connectivity index (χ3n) is 5.09. The molecule has 2 aromatic carbocycles. The largest absolute Gasteiger partial charge is 0.480 e. The second-order valence-corrected chi connectivity index (χ2v) is 10.9. The highest BCUT2D eigenvalue weighted by atomic mass is 35.5. The molecule has 1 aliphatic rings. The van der Waals surface area contributed by atoms with Crippen LogP contribution in [0.25, 0.3) is 10.8 Å². The number of fused-ring (bicyclic) bond motifs is 1. The fraction of sp³-hybridized carbons (Fsp3) is 0.429. The summed E-state index contributed by atoms with van der Waals surface area (Å²) < 4.78 is 28.2. The number of hydrogen-bond acceptors (Lipinski definition) is 4. The summed E-state index contributed by atoms with van der Waals surface area (Å²) in [4.78, 5) is 25.8. The van der Waals surface area contributed by atoms with Gasteiger partial charge in [0.2, 0.25) is 15.9 Å². The van der Waals surface area contributed by atoms with E-state index in [-0.39, 0.29) is 29.7 Å². The van der Waals surface area contributed by atoms with E-state index in [2.05, 4.69) is 4.72 Å². The van der Waals surface area contributed by atoms with E-state index in [1.165, 1.54) is 17.0 Å². The molecule has 0 radical (unpaired) electrons. The summed E-state index contributed by atoms with van der Waals surface area (Å²) in [6.45, 7) is 5.89. The fourth-order valence-corrected chi connectivity index (χ4v) is 5.09. The molecule has 30 heavy (non-hydrogen) atoms. The number of hydrogen-bond donors (Lipinski definition) is 2. The molecule has 2 N–H and O–H groups in total. The molecule has 2 aromatic rings. The van der Waals surface area contributed by atoms with Crippen LogP contribution in [0, 0.1) is 5.41 Å². The second-order valence-electron chi connectivity index (χ2n) is 8.77. The lowest BCUT2D eigenvalue weighted by Gasteiger charge is -2.30. The predicted octanol–water partition coefficient (Wildman–Crippen LogP) is 3.26. The maximum Gasteiger partial charge on any atom is 0.326 e. The second kappa shape index (κ2) is 8.17. The van der Waals surface area contributed by atoms with Gasteiger partial charge in [0, 0.05) is 11.6 Å². The van der Waals surface area contributed by atoms with Crippen molar-refractivity contribution in [2.45, 2.75) is 50.6 Å². The van der Waals surface area contributed by atoms with Gasteiger partial charge in [0.15, 0.2) is 0 Å². The Hall–Kier alpha value is -2.16. The van der Waals surface area contributed by atoms with Crippen LogP contribution < -0.4 is 4.72 Å². The van der Waals surface area contributed by atoms with Gasteiger partial charge in [-0.25, -0.2) is 13.2 Å². The molecule has 1 saturated heterocycles. The van der Waals surface area contributed by atoms with Gasteiger partial charge in [-0.1, -0.05) is 44.5 Å². The summed E-state index contributed by atoms with van der Waals surface area (Å²) >= 11 is 5.96. The van der Waals surface area contributed by atoms with Crippen LogP contribution in [-0.4, -0.2) is 48.9 Å². The first-order valence-electron chi connectivity index (χ1n) is 9.62. The Labute approximate surface area is 181 Å². The van der Waals surface area contributed by atoms with E-state index in [1.807, 2.05) is 20.8 Å². The minimum Gasteiger partial charge on any atom is -0.480 e. The number of rotatable bonds is 6. The van der Waals surface area contributed by atoms with Crippen LogP contribution in [0.1, 0.15) is 33.6 Å². The number of aliphatic carboxylic acids is 1. The monoisotopic (exact) mass is 452 g/mol. The third kappa shape index (κ3) is 4.94. The van der Waals surface area contributed by atoms with Crippen LogP contribution >= 0.6 is 11.6 Å². The maximum atomic E-state index is 12.9. The molecule has 0 spiro atoms. The Morgan fingerprint density at radius 3 is 2.50 bits per heavy atom. The van der Waals surface area contributed by atoms with Gasteiger partial charge in [0.25, 0.3) is 0 Å². The Morgan fingerprint density at radius 1 is 1.23 bits per heavy atom. The van der Waals surface area contributed by atoms with Crippen LogP contribution in [0.3, 0.4) is 0 Å². The normalized spacial score (nSPS) is 18.7. The molecule has 0 aliphatic carbocycles. The van der Waals surface area contributed by atoms with Gasteiger partial charge in [-0.05, 0) is 53.3 Å². The number of benzene rings is 2. The number of amides is 1. The quantitative estimate of drug-likeness (QED) is 0.700. The molecule has 3 rings (SSSR count). The zero-order valence-corrected chi connectivity index (χ0v) is 18.6. The molecule has 1 heterocycles. The highest BCUT2D eigenvalue weighted by Gasteiger charge is 2.42. The number of nitrogens with one attached hydrogen (secondary N) is 1. The molecule has 7 nitrogen and oxygen atoms in total. The number of halogens is 1. The van der Waals surface area contributed by atoms with Crippen molar-refractivity contribution < 1.29 is 23.1 Å². The number of likely N-dealkylation sites (tertiary alicyclic amines) is 1. The van der Waals surface area contributed by atoms with E-state index in [1.54, 1.807) is 24.3 Å².